The first kappa shape index (κ1) is 14.2. The number of alkyl halides is 3. The van der Waals surface area contributed by atoms with Gasteiger partial charge in [-0.3, -0.25) is 4.40 Å². The van der Waals surface area contributed by atoms with Crippen molar-refractivity contribution in [1.82, 2.24) is 14.6 Å². The fraction of sp³-hybridized carbons (Fsp3) is 0.182. The van der Waals surface area contributed by atoms with Gasteiger partial charge in [0.2, 0.25) is 0 Å². The van der Waals surface area contributed by atoms with E-state index in [1.165, 1.54) is 0 Å². The number of hydrogen-bond donors (Lipinski definition) is 1. The highest BCUT2D eigenvalue weighted by Gasteiger charge is 2.35. The van der Waals surface area contributed by atoms with E-state index >= 15 is 0 Å². The van der Waals surface area contributed by atoms with Crippen molar-refractivity contribution in [3.05, 3.63) is 23.4 Å². The van der Waals surface area contributed by atoms with E-state index < -0.39 is 17.8 Å². The van der Waals surface area contributed by atoms with E-state index in [1.54, 1.807) is 0 Å². The first-order valence-corrected chi connectivity index (χ1v) is 6.09. The number of hydrogen-bond acceptors (Lipinski definition) is 4. The number of carbonyl (C=O) groups is 1. The van der Waals surface area contributed by atoms with Gasteiger partial charge >= 0.3 is 12.1 Å². The highest BCUT2D eigenvalue weighted by atomic mass is 32.2. The Morgan fingerprint density at radius 3 is 2.70 bits per heavy atom. The number of carboxylic acid groups (broad SMARTS) is 1. The predicted octanol–water partition coefficient (Wildman–Crippen LogP) is 2.17. The van der Waals surface area contributed by atoms with E-state index in [2.05, 4.69) is 16.1 Å². The van der Waals surface area contributed by atoms with Crippen LogP contribution in [0.15, 0.2) is 17.3 Å². The number of fused-ring (bicyclic) bond motifs is 1. The second-order valence-electron chi connectivity index (χ2n) is 3.57. The third-order valence-corrected chi connectivity index (χ3v) is 3.16. The summed E-state index contributed by atoms with van der Waals surface area (Å²) in [5.41, 5.74) is -1.79. The Kier molecular flexibility index (Phi) is 3.59. The summed E-state index contributed by atoms with van der Waals surface area (Å²) in [5.74, 6) is 0.959. The number of nitrogens with zero attached hydrogens (tertiary/aromatic N) is 3. The monoisotopic (exact) mass is 301 g/mol. The smallest absolute Gasteiger partial charge is 0.431 e. The number of thioether (sulfide) groups is 1. The molecule has 9 heteroatoms. The Balaban J connectivity index is 2.75. The van der Waals surface area contributed by atoms with Crippen LogP contribution < -0.4 is 0 Å². The molecule has 2 aromatic heterocycles. The number of halogens is 3. The number of terminal acetylenes is 1. The third-order valence-electron chi connectivity index (χ3n) is 2.33. The SMILES string of the molecule is C#CCSc1nnc2c(C(=O)O)ccc(C(F)(F)F)n12. The first-order valence-electron chi connectivity index (χ1n) is 5.11. The molecule has 0 radical (unpaired) electrons. The molecule has 104 valence electrons. The van der Waals surface area contributed by atoms with Crippen LogP contribution in [0, 0.1) is 12.3 Å². The topological polar surface area (TPSA) is 67.5 Å². The maximum atomic E-state index is 13.0. The lowest BCUT2D eigenvalue weighted by Gasteiger charge is -2.11. The second-order valence-corrected chi connectivity index (χ2v) is 4.51. The fourth-order valence-corrected chi connectivity index (χ4v) is 2.19. The lowest BCUT2D eigenvalue weighted by molar-refractivity contribution is -0.142. The molecule has 0 saturated heterocycles. The van der Waals surface area contributed by atoms with Gasteiger partial charge in [-0.25, -0.2) is 4.79 Å². The summed E-state index contributed by atoms with van der Waals surface area (Å²) in [5, 5.41) is 15.9. The molecule has 0 aliphatic rings. The summed E-state index contributed by atoms with van der Waals surface area (Å²) in [6.07, 6.45) is 0.383. The van der Waals surface area contributed by atoms with Gasteiger partial charge in [-0.1, -0.05) is 17.7 Å². The Morgan fingerprint density at radius 2 is 2.15 bits per heavy atom. The van der Waals surface area contributed by atoms with Crippen molar-refractivity contribution < 1.29 is 23.1 Å². The molecule has 20 heavy (non-hydrogen) atoms. The minimum absolute atomic E-state index is 0.0926. The van der Waals surface area contributed by atoms with Crippen LogP contribution in [0.1, 0.15) is 16.1 Å². The van der Waals surface area contributed by atoms with E-state index in [0.29, 0.717) is 10.5 Å². The highest BCUT2D eigenvalue weighted by Crippen LogP contribution is 2.32. The van der Waals surface area contributed by atoms with Crippen molar-refractivity contribution in [2.45, 2.75) is 11.3 Å². The Bertz CT molecular complexity index is 718. The molecular formula is C11H6F3N3O2S. The average molecular weight is 301 g/mol. The van der Waals surface area contributed by atoms with Crippen molar-refractivity contribution in [2.24, 2.45) is 0 Å². The van der Waals surface area contributed by atoms with Crippen LogP contribution in [0.5, 0.6) is 0 Å². The molecule has 0 amide bonds. The lowest BCUT2D eigenvalue weighted by atomic mass is 10.2. The maximum Gasteiger partial charge on any atom is 0.431 e. The van der Waals surface area contributed by atoms with Crippen LogP contribution in [0.2, 0.25) is 0 Å². The van der Waals surface area contributed by atoms with Crippen LogP contribution in [-0.2, 0) is 6.18 Å². The number of aromatic nitrogens is 3. The zero-order valence-corrected chi connectivity index (χ0v) is 10.5. The number of carboxylic acids is 1. The summed E-state index contributed by atoms with van der Waals surface area (Å²) in [6, 6.07) is 1.53. The third kappa shape index (κ3) is 2.42. The number of pyridine rings is 1. The summed E-state index contributed by atoms with van der Waals surface area (Å²) < 4.78 is 39.5. The zero-order valence-electron chi connectivity index (χ0n) is 9.68. The van der Waals surface area contributed by atoms with Crippen molar-refractivity contribution in [2.75, 3.05) is 5.75 Å². The van der Waals surface area contributed by atoms with E-state index in [9.17, 15) is 18.0 Å². The van der Waals surface area contributed by atoms with Crippen LogP contribution in [0.4, 0.5) is 13.2 Å². The molecule has 0 aromatic carbocycles. The standard InChI is InChI=1S/C11H6F3N3O2S/c1-2-5-20-10-16-15-8-6(9(18)19)3-4-7(17(8)10)11(12,13)14/h1,3-4H,5H2,(H,18,19). The van der Waals surface area contributed by atoms with Gasteiger partial charge < -0.3 is 5.11 Å². The zero-order chi connectivity index (χ0) is 14.9. The molecule has 0 atom stereocenters. The normalized spacial score (nSPS) is 11.5. The van der Waals surface area contributed by atoms with Crippen LogP contribution >= 0.6 is 11.8 Å². The Hall–Kier alpha value is -2.21. The van der Waals surface area contributed by atoms with Gasteiger partial charge in [0.1, 0.15) is 11.3 Å². The summed E-state index contributed by atoms with van der Waals surface area (Å²) in [6.45, 7) is 0. The molecule has 5 nitrogen and oxygen atoms in total. The van der Waals surface area contributed by atoms with Gasteiger partial charge in [-0.2, -0.15) is 13.2 Å². The number of aromatic carboxylic acids is 1. The maximum absolute atomic E-state index is 13.0. The van der Waals surface area contributed by atoms with Crippen LogP contribution in [-0.4, -0.2) is 31.4 Å². The minimum atomic E-state index is -4.66. The van der Waals surface area contributed by atoms with E-state index in [0.717, 1.165) is 17.8 Å². The van der Waals surface area contributed by atoms with E-state index in [1.807, 2.05) is 0 Å². The van der Waals surface area contributed by atoms with E-state index in [4.69, 9.17) is 11.5 Å². The predicted molar refractivity (Wildman–Crippen MR) is 64.5 cm³/mol. The van der Waals surface area contributed by atoms with Gasteiger partial charge in [0.25, 0.3) is 0 Å². The molecular weight excluding hydrogens is 295 g/mol. The molecule has 0 spiro atoms. The van der Waals surface area contributed by atoms with Gasteiger partial charge in [-0.05, 0) is 12.1 Å². The molecule has 2 aromatic rings. The van der Waals surface area contributed by atoms with Crippen molar-refractivity contribution >= 4 is 23.4 Å². The summed E-state index contributed by atoms with van der Waals surface area (Å²) >= 11 is 0.868. The van der Waals surface area contributed by atoms with Gasteiger partial charge in [0.15, 0.2) is 10.8 Å². The van der Waals surface area contributed by atoms with Gasteiger partial charge in [-0.15, -0.1) is 16.6 Å². The van der Waals surface area contributed by atoms with Gasteiger partial charge in [0, 0.05) is 0 Å². The fourth-order valence-electron chi connectivity index (χ4n) is 1.56. The van der Waals surface area contributed by atoms with Crippen molar-refractivity contribution in [1.29, 1.82) is 0 Å². The summed E-state index contributed by atoms with van der Waals surface area (Å²) in [4.78, 5) is 11.0. The van der Waals surface area contributed by atoms with E-state index in [-0.39, 0.29) is 22.1 Å². The lowest BCUT2D eigenvalue weighted by Crippen LogP contribution is -2.14. The highest BCUT2D eigenvalue weighted by molar-refractivity contribution is 7.99. The molecule has 0 fully saturated rings. The van der Waals surface area contributed by atoms with Crippen molar-refractivity contribution in [3.8, 4) is 12.3 Å². The van der Waals surface area contributed by atoms with Crippen LogP contribution in [0.3, 0.4) is 0 Å². The molecule has 1 N–H and O–H groups in total. The molecule has 2 heterocycles. The molecule has 2 rings (SSSR count). The molecule has 0 bridgehead atoms. The number of rotatable bonds is 3. The molecule has 0 saturated carbocycles. The van der Waals surface area contributed by atoms with Gasteiger partial charge in [0.05, 0.1) is 5.75 Å². The Morgan fingerprint density at radius 1 is 1.45 bits per heavy atom. The summed E-state index contributed by atoms with van der Waals surface area (Å²) in [7, 11) is 0. The molecule has 0 aliphatic heterocycles. The molecule has 0 aliphatic carbocycles. The van der Waals surface area contributed by atoms with Crippen LogP contribution in [0.25, 0.3) is 5.65 Å². The average Bonchev–Trinajstić information content (AvgIpc) is 2.77. The second kappa shape index (κ2) is 5.05. The molecule has 0 unspecified atom stereocenters. The largest absolute Gasteiger partial charge is 0.478 e. The minimum Gasteiger partial charge on any atom is -0.478 e. The quantitative estimate of drug-likeness (QED) is 0.695. The first-order chi connectivity index (χ1) is 9.36. The Labute approximate surface area is 114 Å². The van der Waals surface area contributed by atoms with Crippen molar-refractivity contribution in [3.63, 3.8) is 0 Å².